The Balaban J connectivity index is 2.02. The van der Waals surface area contributed by atoms with Crippen molar-refractivity contribution < 1.29 is 14.9 Å². The highest BCUT2D eigenvalue weighted by molar-refractivity contribution is 6.28. The molecule has 0 aromatic carbocycles. The molecule has 0 amide bonds. The summed E-state index contributed by atoms with van der Waals surface area (Å²) in [5, 5.41) is 18.8. The lowest BCUT2D eigenvalue weighted by molar-refractivity contribution is -0.0432. The van der Waals surface area contributed by atoms with Crippen LogP contribution in [-0.4, -0.2) is 48.5 Å². The zero-order valence-corrected chi connectivity index (χ0v) is 10.5. The van der Waals surface area contributed by atoms with Crippen molar-refractivity contribution in [3.05, 3.63) is 11.6 Å². The number of hydrogen-bond acceptors (Lipinski definition) is 7. The summed E-state index contributed by atoms with van der Waals surface area (Å²) >= 11 is 5.77. The third-order valence-electron chi connectivity index (χ3n) is 3.12. The zero-order chi connectivity index (χ0) is 13.6. The summed E-state index contributed by atoms with van der Waals surface area (Å²) in [7, 11) is 0. The maximum absolute atomic E-state index is 9.74. The molecule has 1 unspecified atom stereocenters. The van der Waals surface area contributed by atoms with Gasteiger partial charge in [0, 0.05) is 6.42 Å². The summed E-state index contributed by atoms with van der Waals surface area (Å²) in [6.45, 7) is -0.248. The van der Waals surface area contributed by atoms with Crippen LogP contribution in [0.2, 0.25) is 5.28 Å². The lowest BCUT2D eigenvalue weighted by Gasteiger charge is -2.13. The normalized spacial score (nSPS) is 27.2. The van der Waals surface area contributed by atoms with Gasteiger partial charge in [0.2, 0.25) is 5.28 Å². The number of rotatable bonds is 2. The standard InChI is InChI=1S/C10H12ClN5O3/c11-10-14-8(12)7-9(15-10)16(3-13-7)6-1-4(18)5(2-17)19-6/h3-6,17-18H,1-2H2,(H2,12,14,15)/t4-,5+,6?/m0/s1. The molecular weight excluding hydrogens is 274 g/mol. The second kappa shape index (κ2) is 4.57. The Kier molecular flexibility index (Phi) is 3.02. The fourth-order valence-electron chi connectivity index (χ4n) is 2.17. The average Bonchev–Trinajstić information content (AvgIpc) is 2.92. The number of nitrogen functional groups attached to an aromatic ring is 1. The topological polar surface area (TPSA) is 119 Å². The smallest absolute Gasteiger partial charge is 0.226 e. The van der Waals surface area contributed by atoms with E-state index in [0.717, 1.165) is 0 Å². The average molecular weight is 286 g/mol. The summed E-state index contributed by atoms with van der Waals surface area (Å²) in [5.74, 6) is 0.186. The highest BCUT2D eigenvalue weighted by Crippen LogP contribution is 2.31. The lowest BCUT2D eigenvalue weighted by Crippen LogP contribution is -2.24. The van der Waals surface area contributed by atoms with Crippen molar-refractivity contribution in [1.29, 1.82) is 0 Å². The molecule has 3 rings (SSSR count). The highest BCUT2D eigenvalue weighted by Gasteiger charge is 2.35. The fraction of sp³-hybridized carbons (Fsp3) is 0.500. The van der Waals surface area contributed by atoms with Crippen LogP contribution >= 0.6 is 11.6 Å². The van der Waals surface area contributed by atoms with E-state index >= 15 is 0 Å². The Morgan fingerprint density at radius 1 is 1.53 bits per heavy atom. The molecule has 0 saturated carbocycles. The van der Waals surface area contributed by atoms with E-state index < -0.39 is 18.4 Å². The monoisotopic (exact) mass is 285 g/mol. The number of fused-ring (bicyclic) bond motifs is 1. The Morgan fingerprint density at radius 2 is 2.32 bits per heavy atom. The first-order valence-electron chi connectivity index (χ1n) is 5.70. The Labute approximate surface area is 112 Å². The van der Waals surface area contributed by atoms with E-state index in [-0.39, 0.29) is 17.7 Å². The van der Waals surface area contributed by atoms with Crippen molar-refractivity contribution in [2.24, 2.45) is 0 Å². The molecule has 1 saturated heterocycles. The third kappa shape index (κ3) is 2.02. The third-order valence-corrected chi connectivity index (χ3v) is 3.28. The molecule has 8 nitrogen and oxygen atoms in total. The van der Waals surface area contributed by atoms with E-state index in [0.29, 0.717) is 17.6 Å². The molecule has 19 heavy (non-hydrogen) atoms. The number of hydrogen-bond donors (Lipinski definition) is 3. The summed E-state index contributed by atoms with van der Waals surface area (Å²) in [6.07, 6.45) is 0.0169. The molecule has 0 radical (unpaired) electrons. The molecule has 0 aliphatic carbocycles. The molecule has 1 aliphatic heterocycles. The largest absolute Gasteiger partial charge is 0.394 e. The number of aliphatic hydroxyl groups is 2. The molecule has 9 heteroatoms. The van der Waals surface area contributed by atoms with Gasteiger partial charge in [0.1, 0.15) is 17.8 Å². The molecule has 102 valence electrons. The number of nitrogens with two attached hydrogens (primary N) is 1. The van der Waals surface area contributed by atoms with E-state index in [1.54, 1.807) is 4.57 Å². The van der Waals surface area contributed by atoms with E-state index in [1.165, 1.54) is 6.33 Å². The second-order valence-corrected chi connectivity index (χ2v) is 4.65. The predicted molar refractivity (Wildman–Crippen MR) is 66.4 cm³/mol. The van der Waals surface area contributed by atoms with Gasteiger partial charge in [-0.2, -0.15) is 9.97 Å². The van der Waals surface area contributed by atoms with Crippen LogP contribution in [0.4, 0.5) is 5.82 Å². The summed E-state index contributed by atoms with van der Waals surface area (Å²) in [4.78, 5) is 12.0. The van der Waals surface area contributed by atoms with Crippen LogP contribution in [0.3, 0.4) is 0 Å². The molecule has 2 aromatic rings. The van der Waals surface area contributed by atoms with E-state index in [9.17, 15) is 5.11 Å². The van der Waals surface area contributed by atoms with Gasteiger partial charge in [0.25, 0.3) is 0 Å². The molecule has 4 N–H and O–H groups in total. The minimum absolute atomic E-state index is 0.0176. The van der Waals surface area contributed by atoms with Gasteiger partial charge < -0.3 is 20.7 Å². The van der Waals surface area contributed by atoms with Crippen LogP contribution in [0.1, 0.15) is 12.6 Å². The number of nitrogens with zero attached hydrogens (tertiary/aromatic N) is 4. The molecule has 0 spiro atoms. The molecule has 3 atom stereocenters. The molecule has 0 bridgehead atoms. The van der Waals surface area contributed by atoms with Gasteiger partial charge in [-0.1, -0.05) is 0 Å². The van der Waals surface area contributed by atoms with E-state index in [4.69, 9.17) is 27.2 Å². The quantitative estimate of drug-likeness (QED) is 0.648. The van der Waals surface area contributed by atoms with Gasteiger partial charge in [-0.15, -0.1) is 0 Å². The number of aromatic nitrogens is 4. The van der Waals surface area contributed by atoms with Crippen LogP contribution in [0.5, 0.6) is 0 Å². The van der Waals surface area contributed by atoms with Crippen molar-refractivity contribution in [3.8, 4) is 0 Å². The minimum atomic E-state index is -0.734. The van der Waals surface area contributed by atoms with Gasteiger partial charge >= 0.3 is 0 Å². The van der Waals surface area contributed by atoms with Crippen molar-refractivity contribution in [2.45, 2.75) is 24.9 Å². The van der Waals surface area contributed by atoms with Crippen molar-refractivity contribution >= 4 is 28.6 Å². The zero-order valence-electron chi connectivity index (χ0n) is 9.77. The van der Waals surface area contributed by atoms with E-state index in [2.05, 4.69) is 15.0 Å². The minimum Gasteiger partial charge on any atom is -0.394 e. The van der Waals surface area contributed by atoms with Gasteiger partial charge in [-0.3, -0.25) is 4.57 Å². The van der Waals surface area contributed by atoms with Gasteiger partial charge in [-0.25, -0.2) is 4.98 Å². The fourth-order valence-corrected chi connectivity index (χ4v) is 2.34. The van der Waals surface area contributed by atoms with E-state index in [1.807, 2.05) is 0 Å². The van der Waals surface area contributed by atoms with Crippen LogP contribution < -0.4 is 5.73 Å². The number of imidazole rings is 1. The molecule has 1 aliphatic rings. The predicted octanol–water partition coefficient (Wildman–Crippen LogP) is -0.297. The van der Waals surface area contributed by atoms with Crippen LogP contribution in [-0.2, 0) is 4.74 Å². The van der Waals surface area contributed by atoms with Crippen LogP contribution in [0.25, 0.3) is 11.2 Å². The van der Waals surface area contributed by atoms with Gasteiger partial charge in [-0.05, 0) is 11.6 Å². The molecular formula is C10H12ClN5O3. The highest BCUT2D eigenvalue weighted by atomic mass is 35.5. The van der Waals surface area contributed by atoms with Crippen molar-refractivity contribution in [3.63, 3.8) is 0 Å². The molecule has 3 heterocycles. The summed E-state index contributed by atoms with van der Waals surface area (Å²) in [5.41, 5.74) is 6.57. The van der Waals surface area contributed by atoms with Crippen LogP contribution in [0, 0.1) is 0 Å². The number of ether oxygens (including phenoxy) is 1. The maximum atomic E-state index is 9.74. The second-order valence-electron chi connectivity index (χ2n) is 4.32. The Morgan fingerprint density at radius 3 is 3.00 bits per heavy atom. The molecule has 2 aromatic heterocycles. The SMILES string of the molecule is Nc1nc(Cl)nc2c1ncn2C1C[C@H](O)[C@@H](CO)O1. The summed E-state index contributed by atoms with van der Waals surface area (Å²) in [6, 6.07) is 0. The Bertz CT molecular complexity index is 618. The first kappa shape index (κ1) is 12.5. The Hall–Kier alpha value is -1.48. The van der Waals surface area contributed by atoms with Crippen molar-refractivity contribution in [2.75, 3.05) is 12.3 Å². The number of aliphatic hydroxyl groups excluding tert-OH is 2. The lowest BCUT2D eigenvalue weighted by atomic mass is 10.2. The van der Waals surface area contributed by atoms with Crippen molar-refractivity contribution in [1.82, 2.24) is 19.5 Å². The first-order chi connectivity index (χ1) is 9.10. The van der Waals surface area contributed by atoms with Crippen LogP contribution in [0.15, 0.2) is 6.33 Å². The summed E-state index contributed by atoms with van der Waals surface area (Å²) < 4.78 is 7.16. The van der Waals surface area contributed by atoms with Gasteiger partial charge in [0.15, 0.2) is 11.5 Å². The van der Waals surface area contributed by atoms with Gasteiger partial charge in [0.05, 0.1) is 19.0 Å². The molecule has 1 fully saturated rings. The first-order valence-corrected chi connectivity index (χ1v) is 6.08. The maximum Gasteiger partial charge on any atom is 0.226 e. The number of anilines is 1. The number of halogens is 1.